The predicted molar refractivity (Wildman–Crippen MR) is 122 cm³/mol. The second-order valence-electron chi connectivity index (χ2n) is 8.65. The minimum Gasteiger partial charge on any atom is -0.394 e. The van der Waals surface area contributed by atoms with Crippen LogP contribution < -0.4 is 16.6 Å². The Hall–Kier alpha value is -2.24. The molecule has 1 aromatic rings. The van der Waals surface area contributed by atoms with Crippen molar-refractivity contribution in [3.05, 3.63) is 45.0 Å². The smallest absolute Gasteiger partial charge is 0.351 e. The number of rotatable bonds is 9. The lowest BCUT2D eigenvalue weighted by Gasteiger charge is -2.42. The Balaban J connectivity index is 1.61. The van der Waals surface area contributed by atoms with Crippen molar-refractivity contribution in [2.75, 3.05) is 13.2 Å². The van der Waals surface area contributed by atoms with Crippen LogP contribution in [0.3, 0.4) is 0 Å². The molecular weight excluding hydrogens is 521 g/mol. The molecule has 0 spiro atoms. The van der Waals surface area contributed by atoms with E-state index in [1.165, 1.54) is 13.0 Å². The minimum atomic E-state index is -4.44. The molecule has 0 radical (unpaired) electrons. The normalized spacial score (nSPS) is 35.9. The molecule has 0 bridgehead atoms. The molecule has 1 amide bonds. The number of ether oxygens (including phenoxy) is 2. The highest BCUT2D eigenvalue weighted by Crippen LogP contribution is 2.45. The van der Waals surface area contributed by atoms with Gasteiger partial charge < -0.3 is 49.7 Å². The van der Waals surface area contributed by atoms with E-state index in [9.17, 15) is 49.4 Å². The molecule has 0 aromatic carbocycles. The van der Waals surface area contributed by atoms with Gasteiger partial charge in [0.2, 0.25) is 5.91 Å². The molecule has 10 atom stereocenters. The third kappa shape index (κ3) is 7.00. The quantitative estimate of drug-likeness (QED) is 0.138. The van der Waals surface area contributed by atoms with Crippen LogP contribution in [0.1, 0.15) is 19.6 Å². The number of amides is 1. The van der Waals surface area contributed by atoms with Gasteiger partial charge in [-0.1, -0.05) is 6.08 Å². The van der Waals surface area contributed by atoms with E-state index in [4.69, 9.17) is 14.0 Å². The summed E-state index contributed by atoms with van der Waals surface area (Å²) in [4.78, 5) is 46.8. The predicted octanol–water partition coefficient (Wildman–Crippen LogP) is -3.75. The van der Waals surface area contributed by atoms with E-state index in [-0.39, 0.29) is 6.42 Å². The molecule has 17 heteroatoms. The average molecular weight is 551 g/mol. The topological polar surface area (TPSA) is 250 Å². The number of nitrogens with zero attached hydrogens (tertiary/aromatic N) is 1. The molecule has 3 heterocycles. The Morgan fingerprint density at radius 3 is 2.43 bits per heavy atom. The molecule has 208 valence electrons. The van der Waals surface area contributed by atoms with Gasteiger partial charge in [0.15, 0.2) is 6.23 Å². The Morgan fingerprint density at radius 2 is 1.81 bits per heavy atom. The molecule has 2 fully saturated rings. The summed E-state index contributed by atoms with van der Waals surface area (Å²) < 4.78 is 29.2. The van der Waals surface area contributed by atoms with Gasteiger partial charge in [-0.05, 0) is 6.42 Å². The molecule has 2 aliphatic heterocycles. The maximum absolute atomic E-state index is 12.5. The van der Waals surface area contributed by atoms with Gasteiger partial charge >= 0.3 is 13.3 Å². The number of aliphatic hydroxyl groups excluding tert-OH is 5. The summed E-state index contributed by atoms with van der Waals surface area (Å²) in [6.07, 6.45) is -8.85. The summed E-state index contributed by atoms with van der Waals surface area (Å²) >= 11 is 0. The molecule has 3 rings (SSSR count). The third-order valence-corrected chi connectivity index (χ3v) is 7.05. The first-order valence-electron chi connectivity index (χ1n) is 11.2. The number of aromatic amines is 1. The fourth-order valence-corrected chi connectivity index (χ4v) is 4.92. The van der Waals surface area contributed by atoms with Crippen LogP contribution in [0, 0.1) is 0 Å². The average Bonchev–Trinajstić information content (AvgIpc) is 3.10. The van der Waals surface area contributed by atoms with E-state index >= 15 is 0 Å². The first-order valence-corrected chi connectivity index (χ1v) is 12.9. The van der Waals surface area contributed by atoms with Gasteiger partial charge in [-0.2, -0.15) is 0 Å². The van der Waals surface area contributed by atoms with Crippen molar-refractivity contribution < 1.29 is 53.8 Å². The maximum atomic E-state index is 12.5. The van der Waals surface area contributed by atoms with Gasteiger partial charge in [-0.15, -0.1) is 0 Å². The van der Waals surface area contributed by atoms with Gasteiger partial charge in [0.05, 0.1) is 25.4 Å². The van der Waals surface area contributed by atoms with Gasteiger partial charge in [0.1, 0.15) is 36.6 Å². The summed E-state index contributed by atoms with van der Waals surface area (Å²) in [5, 5.41) is 52.6. The molecule has 1 aromatic heterocycles. The highest BCUT2D eigenvalue weighted by atomic mass is 31.2. The monoisotopic (exact) mass is 551 g/mol. The van der Waals surface area contributed by atoms with Crippen LogP contribution in [0.25, 0.3) is 0 Å². The number of nitrogens with one attached hydrogen (secondary N) is 2. The summed E-state index contributed by atoms with van der Waals surface area (Å²) in [5.74, 6) is 0.279. The number of H-pyrrole nitrogens is 1. The Bertz CT molecular complexity index is 1140. The third-order valence-electron chi connectivity index (χ3n) is 5.95. The van der Waals surface area contributed by atoms with Crippen LogP contribution in [0.4, 0.5) is 0 Å². The molecule has 0 aliphatic carbocycles. The lowest BCUT2D eigenvalue weighted by atomic mass is 9.91. The highest BCUT2D eigenvalue weighted by Gasteiger charge is 2.45. The molecule has 2 saturated heterocycles. The highest BCUT2D eigenvalue weighted by molar-refractivity contribution is 7.56. The first kappa shape index (κ1) is 29.3. The maximum Gasteiger partial charge on any atom is 0.351 e. The van der Waals surface area contributed by atoms with Crippen molar-refractivity contribution in [1.82, 2.24) is 14.9 Å². The van der Waals surface area contributed by atoms with Crippen molar-refractivity contribution >= 4 is 13.5 Å². The second-order valence-corrected chi connectivity index (χ2v) is 10.3. The fraction of sp³-hybridized carbons (Fsp3) is 0.650. The second kappa shape index (κ2) is 12.1. The standard InChI is InChI=1S/C20H30N3O13P/c1-9(25)21-14-10(35-11(7-24)15(27)17(14)29)3-2-6-37(32,33)34-8-12-16(28)18(30)19(36-12)23-5-4-13(26)22-20(23)31/h2,4-6,10-12,14-19,24,27-30H,3,7-8H2,1H3,(H,21,25)(H,32,33)(H,22,26,31)/b6-2+/t10-,11-,12-,14+,15-,16-,17-,18-,19-/m1/s1. The Morgan fingerprint density at radius 1 is 1.14 bits per heavy atom. The lowest BCUT2D eigenvalue weighted by molar-refractivity contribution is -0.194. The SMILES string of the molecule is CC(=O)N[C@@H]1[C@@H](O)[C@H](O)[C@@H](CO)O[C@@H]1C/C=C/P(=O)(O)OC[C@H]1O[C@@H](n2ccc(=O)[nH]c2=O)[C@H](O)[C@@H]1O. The van der Waals surface area contributed by atoms with Crippen molar-refractivity contribution in [3.8, 4) is 0 Å². The summed E-state index contributed by atoms with van der Waals surface area (Å²) in [6.45, 7) is -0.0835. The fourth-order valence-electron chi connectivity index (χ4n) is 4.08. The van der Waals surface area contributed by atoms with Crippen LogP contribution >= 0.6 is 7.60 Å². The summed E-state index contributed by atoms with van der Waals surface area (Å²) in [6, 6.07) is -0.0641. The van der Waals surface area contributed by atoms with Crippen molar-refractivity contribution in [2.45, 2.75) is 68.3 Å². The van der Waals surface area contributed by atoms with Crippen molar-refractivity contribution in [2.24, 2.45) is 0 Å². The van der Waals surface area contributed by atoms with Crippen molar-refractivity contribution in [3.63, 3.8) is 0 Å². The minimum absolute atomic E-state index is 0.127. The number of carbonyl (C=O) groups is 1. The van der Waals surface area contributed by atoms with Crippen LogP contribution in [0.5, 0.6) is 0 Å². The van der Waals surface area contributed by atoms with Crippen LogP contribution in [-0.4, -0.2) is 108 Å². The van der Waals surface area contributed by atoms with E-state index in [0.29, 0.717) is 0 Å². The van der Waals surface area contributed by atoms with Crippen LogP contribution in [0.15, 0.2) is 33.7 Å². The van der Waals surface area contributed by atoms with E-state index in [1.807, 2.05) is 4.98 Å². The van der Waals surface area contributed by atoms with Crippen LogP contribution in [0.2, 0.25) is 0 Å². The molecular formula is C20H30N3O13P. The zero-order valence-corrected chi connectivity index (χ0v) is 20.5. The van der Waals surface area contributed by atoms with E-state index in [0.717, 1.165) is 22.6 Å². The molecule has 1 unspecified atom stereocenters. The van der Waals surface area contributed by atoms with E-state index < -0.39 is 93.0 Å². The van der Waals surface area contributed by atoms with Crippen LogP contribution in [-0.2, 0) is 23.4 Å². The summed E-state index contributed by atoms with van der Waals surface area (Å²) in [7, 11) is -4.44. The summed E-state index contributed by atoms with van der Waals surface area (Å²) in [5.41, 5.74) is -1.58. The number of carbonyl (C=O) groups excluding carboxylic acids is 1. The van der Waals surface area contributed by atoms with E-state index in [1.54, 1.807) is 0 Å². The van der Waals surface area contributed by atoms with Gasteiger partial charge in [-0.3, -0.25) is 23.7 Å². The first-order chi connectivity index (χ1) is 17.3. The number of aliphatic hydroxyl groups is 5. The molecule has 2 aliphatic rings. The zero-order valence-electron chi connectivity index (χ0n) is 19.6. The van der Waals surface area contributed by atoms with Crippen molar-refractivity contribution in [1.29, 1.82) is 0 Å². The number of hydrogen-bond donors (Lipinski definition) is 8. The molecule has 37 heavy (non-hydrogen) atoms. The molecule has 8 N–H and O–H groups in total. The van der Waals surface area contributed by atoms with Gasteiger partial charge in [0, 0.05) is 25.0 Å². The number of aromatic nitrogens is 2. The van der Waals surface area contributed by atoms with E-state index in [2.05, 4.69) is 5.32 Å². The Labute approximate surface area is 209 Å². The molecule has 16 nitrogen and oxygen atoms in total. The number of hydrogen-bond acceptors (Lipinski definition) is 12. The lowest BCUT2D eigenvalue weighted by Crippen LogP contribution is -2.63. The van der Waals surface area contributed by atoms with Gasteiger partial charge in [-0.25, -0.2) is 4.79 Å². The van der Waals surface area contributed by atoms with Gasteiger partial charge in [0.25, 0.3) is 5.56 Å². The largest absolute Gasteiger partial charge is 0.394 e. The Kier molecular flexibility index (Phi) is 9.57. The molecule has 0 saturated carbocycles. The zero-order chi connectivity index (χ0) is 27.5.